The Bertz CT molecular complexity index is 267. The fourth-order valence-electron chi connectivity index (χ4n) is 2.20. The van der Waals surface area contributed by atoms with Crippen molar-refractivity contribution in [1.29, 1.82) is 0 Å². The van der Waals surface area contributed by atoms with E-state index in [9.17, 15) is 4.79 Å². The summed E-state index contributed by atoms with van der Waals surface area (Å²) in [6, 6.07) is -0.367. The SMILES string of the molecule is CCC(C)[C@H](N)C(=O)N(CCCN(C)C)CCCN(C)C. The van der Waals surface area contributed by atoms with Gasteiger partial charge in [0, 0.05) is 13.1 Å². The average molecular weight is 300 g/mol. The van der Waals surface area contributed by atoms with E-state index in [0.29, 0.717) is 0 Å². The molecule has 0 fully saturated rings. The Hall–Kier alpha value is -0.650. The normalized spacial score (nSPS) is 14.5. The molecule has 0 saturated heterocycles. The van der Waals surface area contributed by atoms with Crippen LogP contribution < -0.4 is 5.73 Å². The van der Waals surface area contributed by atoms with Gasteiger partial charge < -0.3 is 20.4 Å². The number of amides is 1. The lowest BCUT2D eigenvalue weighted by molar-refractivity contribution is -0.134. The van der Waals surface area contributed by atoms with Gasteiger partial charge in [0.1, 0.15) is 0 Å². The first-order valence-corrected chi connectivity index (χ1v) is 8.13. The van der Waals surface area contributed by atoms with Gasteiger partial charge >= 0.3 is 0 Å². The van der Waals surface area contributed by atoms with Crippen LogP contribution in [0.1, 0.15) is 33.1 Å². The number of carbonyl (C=O) groups excluding carboxylic acids is 1. The third-order valence-corrected chi connectivity index (χ3v) is 3.92. The molecule has 2 atom stereocenters. The fourth-order valence-corrected chi connectivity index (χ4v) is 2.20. The van der Waals surface area contributed by atoms with Crippen molar-refractivity contribution in [3.8, 4) is 0 Å². The summed E-state index contributed by atoms with van der Waals surface area (Å²) >= 11 is 0. The number of hydrogen-bond donors (Lipinski definition) is 1. The summed E-state index contributed by atoms with van der Waals surface area (Å²) < 4.78 is 0. The minimum absolute atomic E-state index is 0.113. The lowest BCUT2D eigenvalue weighted by atomic mass is 9.98. The van der Waals surface area contributed by atoms with Gasteiger partial charge in [0.2, 0.25) is 5.91 Å². The molecule has 2 N–H and O–H groups in total. The van der Waals surface area contributed by atoms with E-state index in [1.165, 1.54) is 0 Å². The van der Waals surface area contributed by atoms with E-state index in [4.69, 9.17) is 5.73 Å². The predicted molar refractivity (Wildman–Crippen MR) is 90.4 cm³/mol. The minimum atomic E-state index is -0.367. The van der Waals surface area contributed by atoms with Gasteiger partial charge in [-0.05, 0) is 60.0 Å². The van der Waals surface area contributed by atoms with Crippen LogP contribution in [-0.4, -0.2) is 81.0 Å². The maximum Gasteiger partial charge on any atom is 0.239 e. The maximum absolute atomic E-state index is 12.6. The first-order chi connectivity index (χ1) is 9.79. The molecule has 0 spiro atoms. The zero-order valence-corrected chi connectivity index (χ0v) is 14.9. The molecule has 0 saturated carbocycles. The molecule has 5 nitrogen and oxygen atoms in total. The van der Waals surface area contributed by atoms with Crippen molar-refractivity contribution in [3.05, 3.63) is 0 Å². The van der Waals surface area contributed by atoms with E-state index in [-0.39, 0.29) is 17.9 Å². The van der Waals surface area contributed by atoms with Crippen LogP contribution in [0.25, 0.3) is 0 Å². The highest BCUT2D eigenvalue weighted by Gasteiger charge is 2.24. The smallest absolute Gasteiger partial charge is 0.239 e. The summed E-state index contributed by atoms with van der Waals surface area (Å²) in [6.07, 6.45) is 2.93. The third-order valence-electron chi connectivity index (χ3n) is 3.92. The van der Waals surface area contributed by atoms with E-state index in [1.54, 1.807) is 0 Å². The Morgan fingerprint density at radius 1 is 0.952 bits per heavy atom. The Morgan fingerprint density at radius 3 is 1.71 bits per heavy atom. The van der Waals surface area contributed by atoms with Gasteiger partial charge in [-0.25, -0.2) is 0 Å². The molecule has 0 aliphatic carbocycles. The highest BCUT2D eigenvalue weighted by molar-refractivity contribution is 5.81. The number of nitrogens with two attached hydrogens (primary N) is 1. The van der Waals surface area contributed by atoms with Crippen LogP contribution in [0.15, 0.2) is 0 Å². The molecule has 126 valence electrons. The number of nitrogens with zero attached hydrogens (tertiary/aromatic N) is 3. The maximum atomic E-state index is 12.6. The summed E-state index contributed by atoms with van der Waals surface area (Å²) in [4.78, 5) is 18.8. The van der Waals surface area contributed by atoms with Gasteiger partial charge in [-0.3, -0.25) is 4.79 Å². The van der Waals surface area contributed by atoms with Crippen LogP contribution in [0.5, 0.6) is 0 Å². The molecule has 1 unspecified atom stereocenters. The van der Waals surface area contributed by atoms with Crippen LogP contribution in [-0.2, 0) is 4.79 Å². The number of rotatable bonds is 11. The molecular weight excluding hydrogens is 264 g/mol. The first kappa shape index (κ1) is 20.3. The van der Waals surface area contributed by atoms with Crippen molar-refractivity contribution in [3.63, 3.8) is 0 Å². The summed E-state index contributed by atoms with van der Waals surface area (Å²) in [5, 5.41) is 0. The topological polar surface area (TPSA) is 52.8 Å². The van der Waals surface area contributed by atoms with E-state index in [2.05, 4.69) is 51.8 Å². The second kappa shape index (κ2) is 11.0. The van der Waals surface area contributed by atoms with Gasteiger partial charge in [-0.15, -0.1) is 0 Å². The van der Waals surface area contributed by atoms with E-state index >= 15 is 0 Å². The summed E-state index contributed by atoms with van der Waals surface area (Å²) in [5.74, 6) is 0.351. The van der Waals surface area contributed by atoms with Gasteiger partial charge in [0.15, 0.2) is 0 Å². The van der Waals surface area contributed by atoms with E-state index < -0.39 is 0 Å². The molecule has 0 aromatic carbocycles. The molecule has 0 aromatic rings. The van der Waals surface area contributed by atoms with Crippen LogP contribution in [0.2, 0.25) is 0 Å². The van der Waals surface area contributed by atoms with Crippen molar-refractivity contribution in [2.45, 2.75) is 39.2 Å². The molecule has 0 aromatic heterocycles. The van der Waals surface area contributed by atoms with Gasteiger partial charge in [-0.1, -0.05) is 20.3 Å². The second-order valence-electron chi connectivity index (χ2n) is 6.55. The van der Waals surface area contributed by atoms with Crippen molar-refractivity contribution >= 4 is 5.91 Å². The minimum Gasteiger partial charge on any atom is -0.341 e. The quantitative estimate of drug-likeness (QED) is 0.621. The molecule has 1 amide bonds. The van der Waals surface area contributed by atoms with Gasteiger partial charge in [0.25, 0.3) is 0 Å². The molecule has 0 rings (SSSR count). The van der Waals surface area contributed by atoms with Crippen LogP contribution in [0.3, 0.4) is 0 Å². The predicted octanol–water partition coefficient (Wildman–Crippen LogP) is 1.09. The lowest BCUT2D eigenvalue weighted by Gasteiger charge is -2.29. The van der Waals surface area contributed by atoms with Crippen molar-refractivity contribution in [2.75, 3.05) is 54.4 Å². The standard InChI is InChI=1S/C16H36N4O/c1-7-14(2)15(17)16(21)20(12-8-10-18(3)4)13-9-11-19(5)6/h14-15H,7-13,17H2,1-6H3/t14?,15-/m0/s1. The van der Waals surface area contributed by atoms with Crippen LogP contribution >= 0.6 is 0 Å². The van der Waals surface area contributed by atoms with Gasteiger partial charge in [-0.2, -0.15) is 0 Å². The Labute approximate surface area is 131 Å². The Kier molecular flexibility index (Phi) is 10.6. The molecule has 0 aliphatic rings. The highest BCUT2D eigenvalue weighted by Crippen LogP contribution is 2.09. The first-order valence-electron chi connectivity index (χ1n) is 8.13. The van der Waals surface area contributed by atoms with Crippen LogP contribution in [0, 0.1) is 5.92 Å². The summed E-state index contributed by atoms with van der Waals surface area (Å²) in [5.41, 5.74) is 6.12. The largest absolute Gasteiger partial charge is 0.341 e. The monoisotopic (exact) mass is 300 g/mol. The number of carbonyl (C=O) groups is 1. The van der Waals surface area contributed by atoms with Gasteiger partial charge in [0.05, 0.1) is 6.04 Å². The molecule has 0 aliphatic heterocycles. The second-order valence-corrected chi connectivity index (χ2v) is 6.55. The molecule has 0 heterocycles. The van der Waals surface area contributed by atoms with Crippen molar-refractivity contribution in [1.82, 2.24) is 14.7 Å². The van der Waals surface area contributed by atoms with Crippen LogP contribution in [0.4, 0.5) is 0 Å². The number of hydrogen-bond acceptors (Lipinski definition) is 4. The Morgan fingerprint density at radius 2 is 1.38 bits per heavy atom. The summed E-state index contributed by atoms with van der Waals surface area (Å²) in [7, 11) is 8.23. The Balaban J connectivity index is 4.49. The van der Waals surface area contributed by atoms with E-state index in [0.717, 1.165) is 45.4 Å². The van der Waals surface area contributed by atoms with Crippen molar-refractivity contribution in [2.24, 2.45) is 11.7 Å². The third kappa shape index (κ3) is 9.06. The molecule has 0 bridgehead atoms. The average Bonchev–Trinajstić information content (AvgIpc) is 2.42. The molecular formula is C16H36N4O. The summed E-state index contributed by atoms with van der Waals surface area (Å²) in [6.45, 7) is 7.73. The van der Waals surface area contributed by atoms with Crippen molar-refractivity contribution < 1.29 is 4.79 Å². The molecule has 21 heavy (non-hydrogen) atoms. The molecule has 5 heteroatoms. The fraction of sp³-hybridized carbons (Fsp3) is 0.938. The molecule has 0 radical (unpaired) electrons. The highest BCUT2D eigenvalue weighted by atomic mass is 16.2. The zero-order valence-electron chi connectivity index (χ0n) is 14.9. The zero-order chi connectivity index (χ0) is 16.4. The lowest BCUT2D eigenvalue weighted by Crippen LogP contribution is -2.48. The van der Waals surface area contributed by atoms with E-state index in [1.807, 2.05) is 4.90 Å².